The molecule has 0 aromatic carbocycles. The molecule has 0 saturated carbocycles. The van der Waals surface area contributed by atoms with Crippen LogP contribution in [-0.4, -0.2) is 70.2 Å². The van der Waals surface area contributed by atoms with E-state index in [1.807, 2.05) is 0 Å². The number of esters is 4. The second kappa shape index (κ2) is 9.82. The van der Waals surface area contributed by atoms with Gasteiger partial charge in [0.05, 0.1) is 5.60 Å². The highest BCUT2D eigenvalue weighted by Crippen LogP contribution is 2.53. The van der Waals surface area contributed by atoms with Crippen molar-refractivity contribution >= 4 is 23.9 Å². The quantitative estimate of drug-likeness (QED) is 0.329. The fraction of sp³-hybridized carbons (Fsp3) is 0.615. The zero-order chi connectivity index (χ0) is 27.2. The molecule has 8 atom stereocenters. The number of fused-ring (bicyclic) bond motifs is 2. The minimum Gasteiger partial charge on any atom is -0.458 e. The standard InChI is InChI=1S/C26H34O10/c1-12-10-17-20(13(2)24(31)36-17)21(34-15(4)28)22-25(6,9-8-19(30)26(22,7)32)23(35-16(5)29)18(11-12)33-14(3)27/h8-10,17-19,21-23,30,32H,11H2,1-7H3. The third-order valence-electron chi connectivity index (χ3n) is 7.24. The van der Waals surface area contributed by atoms with Crippen LogP contribution < -0.4 is 0 Å². The van der Waals surface area contributed by atoms with Crippen LogP contribution in [0.4, 0.5) is 0 Å². The van der Waals surface area contributed by atoms with Crippen LogP contribution in [0.1, 0.15) is 54.9 Å². The second-order valence-electron chi connectivity index (χ2n) is 10.2. The summed E-state index contributed by atoms with van der Waals surface area (Å²) in [6, 6.07) is 0. The summed E-state index contributed by atoms with van der Waals surface area (Å²) in [7, 11) is 0. The number of aliphatic hydroxyl groups is 2. The van der Waals surface area contributed by atoms with Crippen molar-refractivity contribution in [2.24, 2.45) is 11.3 Å². The summed E-state index contributed by atoms with van der Waals surface area (Å²) in [5.41, 5.74) is -2.10. The van der Waals surface area contributed by atoms with Gasteiger partial charge in [0.15, 0.2) is 0 Å². The van der Waals surface area contributed by atoms with Crippen molar-refractivity contribution in [3.8, 4) is 0 Å². The number of rotatable bonds is 3. The van der Waals surface area contributed by atoms with Crippen molar-refractivity contribution in [2.75, 3.05) is 0 Å². The third kappa shape index (κ3) is 4.97. The molecule has 0 aromatic rings. The molecular formula is C26H34O10. The van der Waals surface area contributed by atoms with Gasteiger partial charge in [-0.1, -0.05) is 24.6 Å². The van der Waals surface area contributed by atoms with Crippen molar-refractivity contribution in [1.29, 1.82) is 0 Å². The maximum atomic E-state index is 12.6. The van der Waals surface area contributed by atoms with E-state index in [1.165, 1.54) is 40.7 Å². The highest BCUT2D eigenvalue weighted by molar-refractivity contribution is 5.92. The van der Waals surface area contributed by atoms with Gasteiger partial charge in [-0.2, -0.15) is 0 Å². The minimum atomic E-state index is -1.94. The van der Waals surface area contributed by atoms with Gasteiger partial charge in [0, 0.05) is 49.7 Å². The third-order valence-corrected chi connectivity index (χ3v) is 7.24. The Morgan fingerprint density at radius 3 is 2.17 bits per heavy atom. The van der Waals surface area contributed by atoms with E-state index in [2.05, 4.69) is 0 Å². The molecule has 0 spiro atoms. The molecule has 10 heteroatoms. The SMILES string of the molecule is CC(=O)OC1CC(C)=CC2OC(=O)C(C)=C2C(OC(C)=O)C2C(C)(O)C(O)C=CC2(C)C1OC(C)=O. The van der Waals surface area contributed by atoms with Crippen LogP contribution in [0, 0.1) is 11.3 Å². The Balaban J connectivity index is 2.41. The van der Waals surface area contributed by atoms with Crippen LogP contribution >= 0.6 is 0 Å². The normalized spacial score (nSPS) is 38.2. The molecule has 0 radical (unpaired) electrons. The molecule has 0 aromatic heterocycles. The molecule has 0 fully saturated rings. The summed E-state index contributed by atoms with van der Waals surface area (Å²) in [6.45, 7) is 9.95. The van der Waals surface area contributed by atoms with E-state index in [1.54, 1.807) is 26.0 Å². The van der Waals surface area contributed by atoms with Gasteiger partial charge in [-0.25, -0.2) is 4.79 Å². The molecule has 8 unspecified atom stereocenters. The van der Waals surface area contributed by atoms with E-state index in [9.17, 15) is 29.4 Å². The molecule has 1 aliphatic heterocycles. The van der Waals surface area contributed by atoms with Gasteiger partial charge in [0.2, 0.25) is 0 Å². The molecule has 0 bridgehead atoms. The maximum Gasteiger partial charge on any atom is 0.334 e. The van der Waals surface area contributed by atoms with E-state index < -0.39 is 71.3 Å². The Hall–Kier alpha value is -2.98. The van der Waals surface area contributed by atoms with Crippen LogP contribution in [0.25, 0.3) is 0 Å². The van der Waals surface area contributed by atoms with Gasteiger partial charge < -0.3 is 29.2 Å². The van der Waals surface area contributed by atoms with Crippen LogP contribution in [-0.2, 0) is 38.1 Å². The molecule has 0 saturated heterocycles. The van der Waals surface area contributed by atoms with Crippen molar-refractivity contribution in [2.45, 2.75) is 91.0 Å². The number of carbonyl (C=O) groups is 4. The van der Waals surface area contributed by atoms with Gasteiger partial charge in [-0.05, 0) is 26.8 Å². The Morgan fingerprint density at radius 2 is 1.61 bits per heavy atom. The lowest BCUT2D eigenvalue weighted by Crippen LogP contribution is -2.65. The summed E-state index contributed by atoms with van der Waals surface area (Å²) < 4.78 is 22.7. The monoisotopic (exact) mass is 506 g/mol. The van der Waals surface area contributed by atoms with Gasteiger partial charge in [0.1, 0.15) is 30.5 Å². The average Bonchev–Trinajstić information content (AvgIpc) is 2.99. The van der Waals surface area contributed by atoms with Gasteiger partial charge in [0.25, 0.3) is 0 Å². The lowest BCUT2D eigenvalue weighted by Gasteiger charge is -2.54. The zero-order valence-electron chi connectivity index (χ0n) is 21.6. The Bertz CT molecular complexity index is 1050. The summed E-state index contributed by atoms with van der Waals surface area (Å²) in [6.07, 6.45) is -1.04. The first-order valence-corrected chi connectivity index (χ1v) is 11.8. The largest absolute Gasteiger partial charge is 0.458 e. The number of carbonyl (C=O) groups excluding carboxylic acids is 4. The first-order chi connectivity index (χ1) is 16.6. The summed E-state index contributed by atoms with van der Waals surface area (Å²) in [5, 5.41) is 22.5. The number of hydrogen-bond donors (Lipinski definition) is 2. The summed E-state index contributed by atoms with van der Waals surface area (Å²) >= 11 is 0. The predicted molar refractivity (Wildman–Crippen MR) is 125 cm³/mol. The van der Waals surface area contributed by atoms with Crippen molar-refractivity contribution in [3.63, 3.8) is 0 Å². The molecular weight excluding hydrogens is 472 g/mol. The number of hydrogen-bond acceptors (Lipinski definition) is 10. The first kappa shape index (κ1) is 27.6. The van der Waals surface area contributed by atoms with E-state index in [0.717, 1.165) is 0 Å². The molecule has 10 nitrogen and oxygen atoms in total. The molecule has 198 valence electrons. The lowest BCUT2D eigenvalue weighted by atomic mass is 9.56. The maximum absolute atomic E-state index is 12.6. The first-order valence-electron chi connectivity index (χ1n) is 11.8. The molecule has 3 aliphatic rings. The van der Waals surface area contributed by atoms with Crippen LogP contribution in [0.2, 0.25) is 0 Å². The van der Waals surface area contributed by atoms with E-state index in [0.29, 0.717) is 11.1 Å². The van der Waals surface area contributed by atoms with E-state index in [-0.39, 0.29) is 12.0 Å². The zero-order valence-corrected chi connectivity index (χ0v) is 21.6. The second-order valence-corrected chi connectivity index (χ2v) is 10.2. The van der Waals surface area contributed by atoms with Gasteiger partial charge in [-0.3, -0.25) is 14.4 Å². The van der Waals surface area contributed by atoms with Crippen LogP contribution in [0.15, 0.2) is 34.9 Å². The van der Waals surface area contributed by atoms with Crippen LogP contribution in [0.5, 0.6) is 0 Å². The van der Waals surface area contributed by atoms with Crippen molar-refractivity contribution in [3.05, 3.63) is 34.9 Å². The average molecular weight is 507 g/mol. The highest BCUT2D eigenvalue weighted by Gasteiger charge is 2.62. The van der Waals surface area contributed by atoms with Crippen molar-refractivity contribution < 1.29 is 48.3 Å². The summed E-state index contributed by atoms with van der Waals surface area (Å²) in [4.78, 5) is 49.4. The minimum absolute atomic E-state index is 0.122. The van der Waals surface area contributed by atoms with E-state index in [4.69, 9.17) is 18.9 Å². The molecule has 0 amide bonds. The van der Waals surface area contributed by atoms with Gasteiger partial charge >= 0.3 is 23.9 Å². The number of aliphatic hydroxyl groups excluding tert-OH is 1. The lowest BCUT2D eigenvalue weighted by molar-refractivity contribution is -0.209. The van der Waals surface area contributed by atoms with Gasteiger partial charge in [-0.15, -0.1) is 0 Å². The smallest absolute Gasteiger partial charge is 0.334 e. The number of ether oxygens (including phenoxy) is 4. The predicted octanol–water partition coefficient (Wildman–Crippen LogP) is 1.68. The molecule has 3 rings (SSSR count). The highest BCUT2D eigenvalue weighted by atomic mass is 16.6. The Labute approximate surface area is 209 Å². The Morgan fingerprint density at radius 1 is 1.03 bits per heavy atom. The topological polar surface area (TPSA) is 146 Å². The molecule has 2 aliphatic carbocycles. The summed E-state index contributed by atoms with van der Waals surface area (Å²) in [5.74, 6) is -3.75. The molecule has 1 heterocycles. The fourth-order valence-corrected chi connectivity index (χ4v) is 5.75. The van der Waals surface area contributed by atoms with Crippen LogP contribution in [0.3, 0.4) is 0 Å². The molecule has 36 heavy (non-hydrogen) atoms. The Kier molecular flexibility index (Phi) is 7.53. The fourth-order valence-electron chi connectivity index (χ4n) is 5.75. The van der Waals surface area contributed by atoms with Crippen molar-refractivity contribution in [1.82, 2.24) is 0 Å². The van der Waals surface area contributed by atoms with E-state index >= 15 is 0 Å². The molecule has 2 N–H and O–H groups in total.